The number of rotatable bonds is 4. The third-order valence-electron chi connectivity index (χ3n) is 3.90. The Morgan fingerprint density at radius 3 is 2.87 bits per heavy atom. The number of carbonyl (C=O) groups is 2. The summed E-state index contributed by atoms with van der Waals surface area (Å²) in [7, 11) is 1.44. The van der Waals surface area contributed by atoms with Gasteiger partial charge in [-0.15, -0.1) is 0 Å². The Balaban J connectivity index is 2.01. The zero-order chi connectivity index (χ0) is 17.0. The van der Waals surface area contributed by atoms with Crippen LogP contribution in [0, 0.1) is 11.3 Å². The van der Waals surface area contributed by atoms with Crippen molar-refractivity contribution in [2.45, 2.75) is 25.0 Å². The van der Waals surface area contributed by atoms with Gasteiger partial charge in [-0.2, -0.15) is 5.26 Å². The predicted molar refractivity (Wildman–Crippen MR) is 84.4 cm³/mol. The molecule has 2 rings (SSSR count). The molecule has 1 aliphatic rings. The summed E-state index contributed by atoms with van der Waals surface area (Å²) in [5, 5.41) is 19.5. The van der Waals surface area contributed by atoms with Crippen LogP contribution in [-0.4, -0.2) is 52.9 Å². The molecule has 0 spiro atoms. The van der Waals surface area contributed by atoms with Gasteiger partial charge in [0.1, 0.15) is 6.04 Å². The van der Waals surface area contributed by atoms with Gasteiger partial charge in [-0.1, -0.05) is 29.8 Å². The van der Waals surface area contributed by atoms with Crippen molar-refractivity contribution in [3.63, 3.8) is 0 Å². The Morgan fingerprint density at radius 1 is 1.52 bits per heavy atom. The highest BCUT2D eigenvalue weighted by atomic mass is 35.5. The zero-order valence-electron chi connectivity index (χ0n) is 12.8. The van der Waals surface area contributed by atoms with Crippen molar-refractivity contribution >= 4 is 23.4 Å². The first-order valence-corrected chi connectivity index (χ1v) is 7.70. The highest BCUT2D eigenvalue weighted by molar-refractivity contribution is 6.31. The van der Waals surface area contributed by atoms with Gasteiger partial charge in [0.25, 0.3) is 5.91 Å². The Bertz CT molecular complexity index is 644. The van der Waals surface area contributed by atoms with E-state index in [2.05, 4.69) is 6.07 Å². The molecule has 0 saturated carbocycles. The van der Waals surface area contributed by atoms with Gasteiger partial charge in [0, 0.05) is 24.2 Å². The molecule has 1 aliphatic heterocycles. The fraction of sp³-hybridized carbons (Fsp3) is 0.438. The fourth-order valence-electron chi connectivity index (χ4n) is 2.61. The summed E-state index contributed by atoms with van der Waals surface area (Å²) in [6.45, 7) is 0.338. The van der Waals surface area contributed by atoms with Gasteiger partial charge in [-0.05, 0) is 18.9 Å². The van der Waals surface area contributed by atoms with Gasteiger partial charge in [-0.25, -0.2) is 0 Å². The summed E-state index contributed by atoms with van der Waals surface area (Å²) in [6, 6.07) is 8.17. The molecule has 7 heteroatoms. The van der Waals surface area contributed by atoms with Crippen molar-refractivity contribution in [1.29, 1.82) is 5.26 Å². The van der Waals surface area contributed by atoms with E-state index in [4.69, 9.17) is 16.9 Å². The van der Waals surface area contributed by atoms with Crippen LogP contribution in [0.25, 0.3) is 0 Å². The van der Waals surface area contributed by atoms with E-state index in [0.717, 1.165) is 11.3 Å². The minimum Gasteiger partial charge on any atom is -0.378 e. The third-order valence-corrected chi connectivity index (χ3v) is 4.25. The minimum atomic E-state index is -1.42. The number of benzene rings is 1. The molecule has 0 bridgehead atoms. The molecule has 6 nitrogen and oxygen atoms in total. The molecular weight excluding hydrogens is 318 g/mol. The first-order valence-electron chi connectivity index (χ1n) is 7.32. The predicted octanol–water partition coefficient (Wildman–Crippen LogP) is 1.35. The molecule has 2 amide bonds. The number of aliphatic hydroxyl groups excluding tert-OH is 1. The van der Waals surface area contributed by atoms with E-state index in [-0.39, 0.29) is 17.5 Å². The number of aliphatic hydroxyl groups is 1. The van der Waals surface area contributed by atoms with Gasteiger partial charge in [0.05, 0.1) is 12.6 Å². The maximum absolute atomic E-state index is 12.3. The molecule has 122 valence electrons. The van der Waals surface area contributed by atoms with Crippen molar-refractivity contribution in [3.8, 4) is 6.07 Å². The molecule has 23 heavy (non-hydrogen) atoms. The van der Waals surface area contributed by atoms with Crippen LogP contribution in [0.5, 0.6) is 0 Å². The van der Waals surface area contributed by atoms with Crippen LogP contribution in [0.4, 0.5) is 0 Å². The molecule has 2 unspecified atom stereocenters. The lowest BCUT2D eigenvalue weighted by atomic mass is 10.1. The number of nitriles is 1. The third kappa shape index (κ3) is 3.81. The first kappa shape index (κ1) is 17.3. The first-order chi connectivity index (χ1) is 11.0. The summed E-state index contributed by atoms with van der Waals surface area (Å²) >= 11 is 5.97. The van der Waals surface area contributed by atoms with Gasteiger partial charge >= 0.3 is 0 Å². The highest BCUT2D eigenvalue weighted by Gasteiger charge is 2.31. The lowest BCUT2D eigenvalue weighted by Crippen LogP contribution is -2.44. The van der Waals surface area contributed by atoms with Gasteiger partial charge in [0.2, 0.25) is 5.91 Å². The maximum Gasteiger partial charge on any atom is 0.256 e. The molecule has 0 aromatic heterocycles. The second-order valence-corrected chi connectivity index (χ2v) is 5.90. The van der Waals surface area contributed by atoms with Gasteiger partial charge in [0.15, 0.2) is 6.10 Å². The Labute approximate surface area is 139 Å². The SMILES string of the molecule is CN(CC(=O)N1CCCC1C#N)C(=O)C(O)c1ccccc1Cl. The molecule has 1 saturated heterocycles. The smallest absolute Gasteiger partial charge is 0.256 e. The molecule has 1 aromatic carbocycles. The van der Waals surface area contributed by atoms with Crippen LogP contribution in [0.2, 0.25) is 5.02 Å². The van der Waals surface area contributed by atoms with E-state index in [1.54, 1.807) is 24.3 Å². The van der Waals surface area contributed by atoms with Crippen molar-refractivity contribution in [2.24, 2.45) is 0 Å². The largest absolute Gasteiger partial charge is 0.378 e. The van der Waals surface area contributed by atoms with Gasteiger partial charge < -0.3 is 14.9 Å². The number of hydrogen-bond acceptors (Lipinski definition) is 4. The van der Waals surface area contributed by atoms with Crippen molar-refractivity contribution < 1.29 is 14.7 Å². The van der Waals surface area contributed by atoms with E-state index in [9.17, 15) is 14.7 Å². The molecule has 0 aliphatic carbocycles. The number of likely N-dealkylation sites (tertiary alicyclic amines) is 1. The second-order valence-electron chi connectivity index (χ2n) is 5.49. The Hall–Kier alpha value is -2.10. The molecule has 1 fully saturated rings. The number of halogens is 1. The van der Waals surface area contributed by atoms with E-state index in [1.165, 1.54) is 11.9 Å². The average Bonchev–Trinajstić information content (AvgIpc) is 3.02. The zero-order valence-corrected chi connectivity index (χ0v) is 13.5. The van der Waals surface area contributed by atoms with Crippen molar-refractivity contribution in [3.05, 3.63) is 34.9 Å². The minimum absolute atomic E-state index is 0.182. The van der Waals surface area contributed by atoms with Gasteiger partial charge in [-0.3, -0.25) is 9.59 Å². The maximum atomic E-state index is 12.3. The van der Waals surface area contributed by atoms with E-state index < -0.39 is 18.1 Å². The summed E-state index contributed by atoms with van der Waals surface area (Å²) in [4.78, 5) is 27.1. The molecule has 0 radical (unpaired) electrons. The van der Waals surface area contributed by atoms with E-state index >= 15 is 0 Å². The number of nitrogens with zero attached hydrogens (tertiary/aromatic N) is 3. The number of likely N-dealkylation sites (N-methyl/N-ethyl adjacent to an activating group) is 1. The summed E-state index contributed by atoms with van der Waals surface area (Å²) in [5.41, 5.74) is 0.300. The topological polar surface area (TPSA) is 84.6 Å². The second kappa shape index (κ2) is 7.44. The fourth-order valence-corrected chi connectivity index (χ4v) is 2.85. The number of hydrogen-bond donors (Lipinski definition) is 1. The van der Waals surface area contributed by atoms with Crippen LogP contribution in [-0.2, 0) is 9.59 Å². The summed E-state index contributed by atoms with van der Waals surface area (Å²) < 4.78 is 0. The monoisotopic (exact) mass is 335 g/mol. The lowest BCUT2D eigenvalue weighted by molar-refractivity contribution is -0.144. The molecule has 2 atom stereocenters. The molecule has 1 N–H and O–H groups in total. The van der Waals surface area contributed by atoms with E-state index in [0.29, 0.717) is 18.5 Å². The Kier molecular flexibility index (Phi) is 5.59. The highest BCUT2D eigenvalue weighted by Crippen LogP contribution is 2.24. The summed E-state index contributed by atoms with van der Waals surface area (Å²) in [5.74, 6) is -0.907. The lowest BCUT2D eigenvalue weighted by Gasteiger charge is -2.25. The number of carbonyl (C=O) groups excluding carboxylic acids is 2. The molecule has 1 aromatic rings. The van der Waals surface area contributed by atoms with Crippen molar-refractivity contribution in [1.82, 2.24) is 9.80 Å². The quantitative estimate of drug-likeness (QED) is 0.900. The summed E-state index contributed by atoms with van der Waals surface area (Å²) in [6.07, 6.45) is 0.0123. The van der Waals surface area contributed by atoms with Crippen LogP contribution in [0.3, 0.4) is 0 Å². The van der Waals surface area contributed by atoms with Crippen LogP contribution in [0.1, 0.15) is 24.5 Å². The van der Waals surface area contributed by atoms with Crippen LogP contribution < -0.4 is 0 Å². The van der Waals surface area contributed by atoms with Crippen LogP contribution in [0.15, 0.2) is 24.3 Å². The van der Waals surface area contributed by atoms with Crippen LogP contribution >= 0.6 is 11.6 Å². The standard InChI is InChI=1S/C16H18ClN3O3/c1-19(10-14(21)20-8-4-5-11(20)9-18)16(23)15(22)12-6-2-3-7-13(12)17/h2-3,6-7,11,15,22H,4-5,8,10H2,1H3. The normalized spacial score (nSPS) is 18.3. The molecule has 1 heterocycles. The Morgan fingerprint density at radius 2 is 2.22 bits per heavy atom. The molecular formula is C16H18ClN3O3. The average molecular weight is 336 g/mol. The van der Waals surface area contributed by atoms with Crippen molar-refractivity contribution in [2.75, 3.05) is 20.1 Å². The van der Waals surface area contributed by atoms with E-state index in [1.807, 2.05) is 0 Å². The number of amides is 2.